The minimum Gasteiger partial charge on any atom is -0.383 e. The van der Waals surface area contributed by atoms with Crippen LogP contribution in [-0.4, -0.2) is 17.6 Å². The van der Waals surface area contributed by atoms with Crippen LogP contribution in [0.1, 0.15) is 69.9 Å². The van der Waals surface area contributed by atoms with Crippen molar-refractivity contribution < 1.29 is 8.42 Å². The van der Waals surface area contributed by atoms with Gasteiger partial charge in [0.15, 0.2) is 0 Å². The van der Waals surface area contributed by atoms with Gasteiger partial charge in [0.1, 0.15) is 5.82 Å². The Morgan fingerprint density at radius 3 is 2.13 bits per heavy atom. The predicted octanol–water partition coefficient (Wildman–Crippen LogP) is 5.71. The molecule has 4 rings (SSSR count). The maximum Gasteiger partial charge on any atom is 0.284 e. The van der Waals surface area contributed by atoms with Crippen molar-refractivity contribution in [1.82, 2.24) is 9.19 Å². The zero-order chi connectivity index (χ0) is 22.2. The zero-order valence-corrected chi connectivity index (χ0v) is 19.3. The van der Waals surface area contributed by atoms with Gasteiger partial charge < -0.3 is 5.73 Å². The van der Waals surface area contributed by atoms with E-state index in [1.807, 2.05) is 36.4 Å². The number of nitrogens with two attached hydrogens (primary N) is 1. The van der Waals surface area contributed by atoms with Gasteiger partial charge in [0.25, 0.3) is 10.0 Å². The number of nitrogen functional groups attached to an aromatic ring is 1. The Morgan fingerprint density at radius 2 is 1.55 bits per heavy atom. The van der Waals surface area contributed by atoms with Crippen molar-refractivity contribution in [1.29, 1.82) is 0 Å². The van der Waals surface area contributed by atoms with E-state index in [-0.39, 0.29) is 16.1 Å². The first-order chi connectivity index (χ1) is 14.7. The molecule has 0 unspecified atom stereocenters. The van der Waals surface area contributed by atoms with E-state index in [2.05, 4.69) is 25.9 Å². The lowest BCUT2D eigenvalue weighted by Gasteiger charge is -2.22. The van der Waals surface area contributed by atoms with Gasteiger partial charge in [-0.25, -0.2) is 0 Å². The fraction of sp³-hybridized carbons (Fsp3) is 0.400. The largest absolute Gasteiger partial charge is 0.383 e. The first-order valence-corrected chi connectivity index (χ1v) is 12.4. The van der Waals surface area contributed by atoms with Gasteiger partial charge in [-0.15, -0.1) is 4.09 Å². The van der Waals surface area contributed by atoms with Crippen molar-refractivity contribution in [3.05, 3.63) is 65.7 Å². The van der Waals surface area contributed by atoms with Gasteiger partial charge in [-0.3, -0.25) is 0 Å². The van der Waals surface area contributed by atoms with E-state index in [1.165, 1.54) is 43.2 Å². The summed E-state index contributed by atoms with van der Waals surface area (Å²) in [5.41, 5.74) is 9.91. The topological polar surface area (TPSA) is 78.0 Å². The van der Waals surface area contributed by atoms with Crippen LogP contribution >= 0.6 is 0 Å². The van der Waals surface area contributed by atoms with E-state index < -0.39 is 10.0 Å². The molecule has 0 amide bonds. The third-order valence-electron chi connectivity index (χ3n) is 6.23. The lowest BCUT2D eigenvalue weighted by Crippen LogP contribution is -2.17. The monoisotopic (exact) mass is 437 g/mol. The first kappa shape index (κ1) is 21.6. The third-order valence-corrected chi connectivity index (χ3v) is 7.85. The van der Waals surface area contributed by atoms with Gasteiger partial charge in [0.2, 0.25) is 0 Å². The molecular formula is C25H31N3O2S. The van der Waals surface area contributed by atoms with Gasteiger partial charge in [-0.2, -0.15) is 13.5 Å². The number of rotatable bonds is 4. The summed E-state index contributed by atoms with van der Waals surface area (Å²) in [6.07, 6.45) is 6.13. The smallest absolute Gasteiger partial charge is 0.284 e. The second-order valence-corrected chi connectivity index (χ2v) is 11.3. The number of anilines is 1. The van der Waals surface area contributed by atoms with Gasteiger partial charge in [0, 0.05) is 11.6 Å². The molecule has 164 valence electrons. The number of benzene rings is 2. The summed E-state index contributed by atoms with van der Waals surface area (Å²) >= 11 is 0. The van der Waals surface area contributed by atoms with Crippen molar-refractivity contribution in [2.75, 3.05) is 5.73 Å². The highest BCUT2D eigenvalue weighted by Crippen LogP contribution is 2.33. The summed E-state index contributed by atoms with van der Waals surface area (Å²) in [5, 5.41) is 4.34. The van der Waals surface area contributed by atoms with E-state index in [0.29, 0.717) is 11.6 Å². The fourth-order valence-corrected chi connectivity index (χ4v) is 5.51. The lowest BCUT2D eigenvalue weighted by molar-refractivity contribution is 0.443. The molecule has 1 aliphatic carbocycles. The quantitative estimate of drug-likeness (QED) is 0.567. The van der Waals surface area contributed by atoms with Crippen LogP contribution in [0.25, 0.3) is 11.3 Å². The first-order valence-electron chi connectivity index (χ1n) is 11.0. The van der Waals surface area contributed by atoms with Crippen molar-refractivity contribution in [2.24, 2.45) is 0 Å². The average Bonchev–Trinajstić information content (AvgIpc) is 3.16. The van der Waals surface area contributed by atoms with E-state index in [4.69, 9.17) is 5.73 Å². The predicted molar refractivity (Wildman–Crippen MR) is 126 cm³/mol. The van der Waals surface area contributed by atoms with Crippen LogP contribution in [-0.2, 0) is 15.4 Å². The molecule has 2 aromatic carbocycles. The van der Waals surface area contributed by atoms with Crippen LogP contribution in [0, 0.1) is 0 Å². The molecule has 1 aromatic heterocycles. The lowest BCUT2D eigenvalue weighted by atomic mass is 9.84. The highest BCUT2D eigenvalue weighted by atomic mass is 32.2. The van der Waals surface area contributed by atoms with Crippen molar-refractivity contribution in [2.45, 2.75) is 69.1 Å². The molecule has 0 atom stereocenters. The highest BCUT2D eigenvalue weighted by Gasteiger charge is 2.23. The Balaban J connectivity index is 1.61. The van der Waals surface area contributed by atoms with Crippen LogP contribution < -0.4 is 5.73 Å². The standard InChI is InChI=1S/C25H31N3O2S/c1-25(2,3)21-13-9-20(10-14-21)23-17-24(26)28(27-23)31(29,30)22-15-11-19(12-16-22)18-7-5-4-6-8-18/h9-18H,4-8,26H2,1-3H3. The molecule has 5 nitrogen and oxygen atoms in total. The van der Waals surface area contributed by atoms with Crippen LogP contribution in [0.2, 0.25) is 0 Å². The summed E-state index contributed by atoms with van der Waals surface area (Å²) in [4.78, 5) is 0.205. The van der Waals surface area contributed by atoms with Crippen molar-refractivity contribution in [3.63, 3.8) is 0 Å². The molecule has 0 saturated heterocycles. The summed E-state index contributed by atoms with van der Waals surface area (Å²) < 4.78 is 27.3. The molecule has 1 heterocycles. The second kappa shape index (κ2) is 8.15. The Kier molecular flexibility index (Phi) is 5.69. The molecule has 1 aliphatic rings. The molecule has 0 radical (unpaired) electrons. The minimum absolute atomic E-state index is 0.0457. The Bertz CT molecular complexity index is 1150. The molecule has 0 spiro atoms. The van der Waals surface area contributed by atoms with Crippen LogP contribution in [0.5, 0.6) is 0 Å². The van der Waals surface area contributed by atoms with Crippen LogP contribution in [0.15, 0.2) is 59.5 Å². The minimum atomic E-state index is -3.86. The molecule has 1 saturated carbocycles. The van der Waals surface area contributed by atoms with E-state index in [0.717, 1.165) is 9.65 Å². The average molecular weight is 438 g/mol. The van der Waals surface area contributed by atoms with Gasteiger partial charge >= 0.3 is 0 Å². The molecule has 1 fully saturated rings. The maximum absolute atomic E-state index is 13.2. The van der Waals surface area contributed by atoms with Gasteiger partial charge in [-0.1, -0.05) is 76.4 Å². The number of hydrogen-bond donors (Lipinski definition) is 1. The highest BCUT2D eigenvalue weighted by molar-refractivity contribution is 7.90. The van der Waals surface area contributed by atoms with Gasteiger partial charge in [-0.05, 0) is 47.4 Å². The molecule has 6 heteroatoms. The molecular weight excluding hydrogens is 406 g/mol. The van der Waals surface area contributed by atoms with E-state index in [9.17, 15) is 8.42 Å². The normalized spacial score (nSPS) is 15.8. The van der Waals surface area contributed by atoms with E-state index >= 15 is 0 Å². The van der Waals surface area contributed by atoms with Gasteiger partial charge in [0.05, 0.1) is 10.6 Å². The molecule has 3 aromatic rings. The van der Waals surface area contributed by atoms with E-state index in [1.54, 1.807) is 18.2 Å². The Labute approximate surface area is 185 Å². The molecule has 31 heavy (non-hydrogen) atoms. The third kappa shape index (κ3) is 4.40. The Morgan fingerprint density at radius 1 is 0.935 bits per heavy atom. The molecule has 0 bridgehead atoms. The number of nitrogens with zero attached hydrogens (tertiary/aromatic N) is 2. The number of hydrogen-bond acceptors (Lipinski definition) is 4. The molecule has 0 aliphatic heterocycles. The second-order valence-electron chi connectivity index (χ2n) is 9.53. The summed E-state index contributed by atoms with van der Waals surface area (Å²) in [7, 11) is -3.86. The fourth-order valence-electron chi connectivity index (χ4n) is 4.30. The van der Waals surface area contributed by atoms with Crippen molar-refractivity contribution >= 4 is 15.8 Å². The summed E-state index contributed by atoms with van der Waals surface area (Å²) in [6, 6.07) is 16.8. The summed E-state index contributed by atoms with van der Waals surface area (Å²) in [5.74, 6) is 0.634. The van der Waals surface area contributed by atoms with Crippen molar-refractivity contribution in [3.8, 4) is 11.3 Å². The molecule has 2 N–H and O–H groups in total. The Hall–Kier alpha value is -2.60. The van der Waals surface area contributed by atoms with Crippen LogP contribution in [0.4, 0.5) is 5.82 Å². The maximum atomic E-state index is 13.2. The summed E-state index contributed by atoms with van der Waals surface area (Å²) in [6.45, 7) is 6.46. The van der Waals surface area contributed by atoms with Crippen LogP contribution in [0.3, 0.4) is 0 Å². The number of aromatic nitrogens is 2. The SMILES string of the molecule is CC(C)(C)c1ccc(-c2cc(N)n(S(=O)(=O)c3ccc(C4CCCCC4)cc3)n2)cc1. The zero-order valence-electron chi connectivity index (χ0n) is 18.5.